The number of hydrogen-bond acceptors (Lipinski definition) is 6. The monoisotopic (exact) mass is 338 g/mol. The molecule has 114 valence electrons. The van der Waals surface area contributed by atoms with Crippen molar-refractivity contribution in [2.75, 3.05) is 11.5 Å². The van der Waals surface area contributed by atoms with Crippen molar-refractivity contribution in [1.29, 1.82) is 0 Å². The Morgan fingerprint density at radius 1 is 1.33 bits per heavy atom. The molecule has 1 aliphatic rings. The number of rotatable bonds is 2. The largest absolute Gasteiger partial charge is 0.393 e. The minimum atomic E-state index is -4.62. The number of aromatic nitrogens is 2. The van der Waals surface area contributed by atoms with E-state index in [1.165, 1.54) is 11.3 Å². The molecule has 0 aromatic carbocycles. The SMILES string of the molecule is O=S1(=O)CC(c2nc(-c3ccsc3)no2)C(C(F)(F)F)C1. The lowest BCUT2D eigenvalue weighted by Gasteiger charge is -2.17. The number of halogens is 3. The van der Waals surface area contributed by atoms with Gasteiger partial charge in [0.05, 0.1) is 23.3 Å². The van der Waals surface area contributed by atoms with Gasteiger partial charge in [0.15, 0.2) is 9.84 Å². The van der Waals surface area contributed by atoms with Crippen molar-refractivity contribution in [3.05, 3.63) is 22.7 Å². The van der Waals surface area contributed by atoms with E-state index in [1.807, 2.05) is 0 Å². The number of thiophene rings is 1. The molecule has 0 amide bonds. The standard InChI is InChI=1S/C11H9F3N2O3S2/c12-11(13,14)8-5-21(17,18)4-7(8)10-15-9(16-19-10)6-1-2-20-3-6/h1-3,7-8H,4-5H2. The third-order valence-electron chi connectivity index (χ3n) is 3.31. The summed E-state index contributed by atoms with van der Waals surface area (Å²) in [6.07, 6.45) is -4.62. The Kier molecular flexibility index (Phi) is 3.32. The molecule has 1 aliphatic heterocycles. The summed E-state index contributed by atoms with van der Waals surface area (Å²) in [4.78, 5) is 3.93. The van der Waals surface area contributed by atoms with Crippen LogP contribution in [0, 0.1) is 5.92 Å². The summed E-state index contributed by atoms with van der Waals surface area (Å²) >= 11 is 1.38. The fourth-order valence-corrected chi connectivity index (χ4v) is 4.97. The Balaban J connectivity index is 1.95. The molecule has 5 nitrogen and oxygen atoms in total. The molecule has 21 heavy (non-hydrogen) atoms. The van der Waals surface area contributed by atoms with Crippen molar-refractivity contribution >= 4 is 21.2 Å². The molecule has 0 saturated carbocycles. The highest BCUT2D eigenvalue weighted by Gasteiger charge is 2.54. The molecule has 3 heterocycles. The van der Waals surface area contributed by atoms with Crippen LogP contribution in [-0.4, -0.2) is 36.2 Å². The van der Waals surface area contributed by atoms with Gasteiger partial charge in [-0.05, 0) is 11.4 Å². The fraction of sp³-hybridized carbons (Fsp3) is 0.455. The summed E-state index contributed by atoms with van der Waals surface area (Å²) < 4.78 is 66.8. The average molecular weight is 338 g/mol. The molecule has 10 heteroatoms. The highest BCUT2D eigenvalue weighted by molar-refractivity contribution is 7.91. The van der Waals surface area contributed by atoms with E-state index in [0.717, 1.165) is 0 Å². The molecule has 0 spiro atoms. The van der Waals surface area contributed by atoms with Crippen LogP contribution >= 0.6 is 11.3 Å². The molecule has 0 radical (unpaired) electrons. The van der Waals surface area contributed by atoms with Crippen molar-refractivity contribution in [2.45, 2.75) is 12.1 Å². The van der Waals surface area contributed by atoms with Crippen molar-refractivity contribution < 1.29 is 26.1 Å². The van der Waals surface area contributed by atoms with Gasteiger partial charge < -0.3 is 4.52 Å². The number of hydrogen-bond donors (Lipinski definition) is 0. The Labute approximate surface area is 121 Å². The molecule has 0 N–H and O–H groups in total. The van der Waals surface area contributed by atoms with Gasteiger partial charge in [-0.15, -0.1) is 0 Å². The maximum atomic E-state index is 13.0. The Bertz CT molecular complexity index is 737. The van der Waals surface area contributed by atoms with E-state index < -0.39 is 39.4 Å². The van der Waals surface area contributed by atoms with E-state index in [4.69, 9.17) is 4.52 Å². The summed E-state index contributed by atoms with van der Waals surface area (Å²) in [5, 5.41) is 7.12. The zero-order valence-corrected chi connectivity index (χ0v) is 12.0. The highest BCUT2D eigenvalue weighted by atomic mass is 32.2. The van der Waals surface area contributed by atoms with Crippen LogP contribution in [0.1, 0.15) is 11.8 Å². The molecule has 2 unspecified atom stereocenters. The minimum Gasteiger partial charge on any atom is -0.339 e. The maximum absolute atomic E-state index is 13.0. The summed E-state index contributed by atoms with van der Waals surface area (Å²) in [6.45, 7) is 0. The molecule has 2 atom stereocenters. The minimum absolute atomic E-state index is 0.163. The van der Waals surface area contributed by atoms with Gasteiger partial charge >= 0.3 is 6.18 Å². The van der Waals surface area contributed by atoms with E-state index in [2.05, 4.69) is 10.1 Å². The van der Waals surface area contributed by atoms with E-state index in [-0.39, 0.29) is 11.7 Å². The second-order valence-electron chi connectivity index (χ2n) is 4.80. The average Bonchev–Trinajstić information content (AvgIpc) is 3.02. The molecular formula is C11H9F3N2O3S2. The Morgan fingerprint density at radius 3 is 2.71 bits per heavy atom. The van der Waals surface area contributed by atoms with Crippen LogP contribution in [0.3, 0.4) is 0 Å². The van der Waals surface area contributed by atoms with Gasteiger partial charge in [-0.2, -0.15) is 29.5 Å². The van der Waals surface area contributed by atoms with Crippen molar-refractivity contribution in [1.82, 2.24) is 10.1 Å². The van der Waals surface area contributed by atoms with Crippen molar-refractivity contribution in [2.24, 2.45) is 5.92 Å². The van der Waals surface area contributed by atoms with E-state index in [1.54, 1.807) is 16.8 Å². The van der Waals surface area contributed by atoms with Gasteiger partial charge in [0.1, 0.15) is 0 Å². The van der Waals surface area contributed by atoms with Crippen molar-refractivity contribution in [3.8, 4) is 11.4 Å². The topological polar surface area (TPSA) is 73.1 Å². The molecule has 2 aromatic rings. The second kappa shape index (κ2) is 4.80. The zero-order valence-electron chi connectivity index (χ0n) is 10.4. The van der Waals surface area contributed by atoms with E-state index in [9.17, 15) is 21.6 Å². The lowest BCUT2D eigenvalue weighted by atomic mass is 9.95. The Morgan fingerprint density at radius 2 is 2.10 bits per heavy atom. The molecule has 1 fully saturated rings. The third-order valence-corrected chi connectivity index (χ3v) is 5.73. The molecule has 2 aromatic heterocycles. The predicted molar refractivity (Wildman–Crippen MR) is 68.6 cm³/mol. The molecule has 3 rings (SSSR count). The summed E-state index contributed by atoms with van der Waals surface area (Å²) in [7, 11) is -3.77. The van der Waals surface area contributed by atoms with Crippen LogP contribution in [0.4, 0.5) is 13.2 Å². The summed E-state index contributed by atoms with van der Waals surface area (Å²) in [5.74, 6) is -5.01. The lowest BCUT2D eigenvalue weighted by molar-refractivity contribution is -0.172. The van der Waals surface area contributed by atoms with Crippen LogP contribution in [0.2, 0.25) is 0 Å². The van der Waals surface area contributed by atoms with Crippen LogP contribution < -0.4 is 0 Å². The number of alkyl halides is 3. The third kappa shape index (κ3) is 2.82. The maximum Gasteiger partial charge on any atom is 0.393 e. The van der Waals surface area contributed by atoms with Gasteiger partial charge in [-0.3, -0.25) is 0 Å². The Hall–Kier alpha value is -1.42. The fourth-order valence-electron chi connectivity index (χ4n) is 2.31. The first-order valence-electron chi connectivity index (χ1n) is 5.89. The molecular weight excluding hydrogens is 329 g/mol. The summed E-state index contributed by atoms with van der Waals surface area (Å²) in [6, 6.07) is 1.70. The smallest absolute Gasteiger partial charge is 0.339 e. The first kappa shape index (κ1) is 14.5. The number of nitrogens with zero attached hydrogens (tertiary/aromatic N) is 2. The van der Waals surface area contributed by atoms with Gasteiger partial charge in [0.25, 0.3) is 0 Å². The normalized spacial score (nSPS) is 25.3. The molecule has 0 bridgehead atoms. The van der Waals surface area contributed by atoms with Crippen LogP contribution in [0.25, 0.3) is 11.4 Å². The van der Waals surface area contributed by atoms with Gasteiger partial charge in [0, 0.05) is 10.9 Å². The van der Waals surface area contributed by atoms with E-state index in [0.29, 0.717) is 5.56 Å². The second-order valence-corrected chi connectivity index (χ2v) is 7.73. The predicted octanol–water partition coefficient (Wildman–Crippen LogP) is 2.49. The lowest BCUT2D eigenvalue weighted by Crippen LogP contribution is -2.28. The first-order valence-corrected chi connectivity index (χ1v) is 8.66. The van der Waals surface area contributed by atoms with Crippen LogP contribution in [0.5, 0.6) is 0 Å². The van der Waals surface area contributed by atoms with Crippen molar-refractivity contribution in [3.63, 3.8) is 0 Å². The summed E-state index contributed by atoms with van der Waals surface area (Å²) in [5.41, 5.74) is 0.624. The molecule has 1 saturated heterocycles. The van der Waals surface area contributed by atoms with Crippen LogP contribution in [-0.2, 0) is 9.84 Å². The van der Waals surface area contributed by atoms with Gasteiger partial charge in [-0.1, -0.05) is 5.16 Å². The van der Waals surface area contributed by atoms with Crippen LogP contribution in [0.15, 0.2) is 21.3 Å². The highest BCUT2D eigenvalue weighted by Crippen LogP contribution is 2.43. The first-order chi connectivity index (χ1) is 9.76. The quantitative estimate of drug-likeness (QED) is 0.841. The van der Waals surface area contributed by atoms with Gasteiger partial charge in [0.2, 0.25) is 11.7 Å². The molecule has 0 aliphatic carbocycles. The van der Waals surface area contributed by atoms with Gasteiger partial charge in [-0.25, -0.2) is 8.42 Å². The zero-order chi connectivity index (χ0) is 15.3. The number of sulfone groups is 1. The van der Waals surface area contributed by atoms with E-state index >= 15 is 0 Å².